The fraction of sp³-hybridized carbons (Fsp3) is 0.400. The van der Waals surface area contributed by atoms with Crippen molar-refractivity contribution in [3.63, 3.8) is 0 Å². The number of nitrogens with two attached hydrogens (primary N) is 1. The molecule has 2 aromatic heterocycles. The highest BCUT2D eigenvalue weighted by atomic mass is 16.3. The lowest BCUT2D eigenvalue weighted by Gasteiger charge is -2.16. The minimum atomic E-state index is -0.00691. The van der Waals surface area contributed by atoms with Crippen molar-refractivity contribution in [2.24, 2.45) is 0 Å². The molecule has 0 aliphatic heterocycles. The minimum absolute atomic E-state index is 0.00691. The Morgan fingerprint density at radius 3 is 2.85 bits per heavy atom. The molecule has 5 nitrogen and oxygen atoms in total. The predicted octanol–water partition coefficient (Wildman–Crippen LogP) is 1.85. The maximum atomic E-state index is 11.6. The number of hydrogen-bond acceptors (Lipinski definition) is 4. The topological polar surface area (TPSA) is 64.4 Å². The number of rotatable bonds is 6. The molecule has 0 aliphatic rings. The van der Waals surface area contributed by atoms with Gasteiger partial charge in [-0.05, 0) is 39.1 Å². The lowest BCUT2D eigenvalue weighted by atomic mass is 10.2. The van der Waals surface area contributed by atoms with Crippen LogP contribution in [0.3, 0.4) is 0 Å². The number of aryl methyl sites for hydroxylation is 2. The summed E-state index contributed by atoms with van der Waals surface area (Å²) < 4.78 is 6.94. The normalized spacial score (nSPS) is 11.2. The molecule has 0 aromatic carbocycles. The molecule has 0 atom stereocenters. The van der Waals surface area contributed by atoms with Gasteiger partial charge >= 0.3 is 0 Å². The Morgan fingerprint density at radius 2 is 2.15 bits per heavy atom. The van der Waals surface area contributed by atoms with Crippen LogP contribution in [0.4, 0.5) is 5.69 Å². The molecule has 0 spiro atoms. The number of nitrogen functional groups attached to an aromatic ring is 1. The van der Waals surface area contributed by atoms with E-state index in [2.05, 4.69) is 11.9 Å². The Hall–Kier alpha value is -2.01. The van der Waals surface area contributed by atoms with Crippen LogP contribution in [-0.4, -0.2) is 23.1 Å². The van der Waals surface area contributed by atoms with Gasteiger partial charge in [-0.15, -0.1) is 0 Å². The number of nitrogens with zero attached hydrogens (tertiary/aromatic N) is 2. The summed E-state index contributed by atoms with van der Waals surface area (Å²) in [5.41, 5.74) is 7.50. The van der Waals surface area contributed by atoms with Crippen molar-refractivity contribution in [2.45, 2.75) is 26.4 Å². The Balaban J connectivity index is 1.82. The van der Waals surface area contributed by atoms with Gasteiger partial charge in [-0.1, -0.05) is 0 Å². The van der Waals surface area contributed by atoms with Crippen LogP contribution in [0.5, 0.6) is 0 Å². The first kappa shape index (κ1) is 14.4. The van der Waals surface area contributed by atoms with Gasteiger partial charge in [0.15, 0.2) is 0 Å². The smallest absolute Gasteiger partial charge is 0.250 e. The van der Waals surface area contributed by atoms with E-state index in [0.717, 1.165) is 25.3 Å². The van der Waals surface area contributed by atoms with E-state index in [1.165, 1.54) is 11.6 Å². The highest BCUT2D eigenvalue weighted by molar-refractivity contribution is 5.33. The van der Waals surface area contributed by atoms with Gasteiger partial charge in [-0.2, -0.15) is 0 Å². The third-order valence-electron chi connectivity index (χ3n) is 3.35. The van der Waals surface area contributed by atoms with Gasteiger partial charge in [0.2, 0.25) is 0 Å². The van der Waals surface area contributed by atoms with Gasteiger partial charge < -0.3 is 19.6 Å². The minimum Gasteiger partial charge on any atom is -0.469 e. The standard InChI is InChI=1S/C15H21N3O2/c1-12-13(6-9-20-12)10-17(2)7-3-8-18-11-14(16)4-5-15(18)19/h4-6,9,11H,3,7-8,10,16H2,1-2H3. The molecular formula is C15H21N3O2. The average molecular weight is 275 g/mol. The van der Waals surface area contributed by atoms with Gasteiger partial charge in [0.25, 0.3) is 5.56 Å². The van der Waals surface area contributed by atoms with Gasteiger partial charge in [-0.3, -0.25) is 4.79 Å². The molecule has 2 aromatic rings. The van der Waals surface area contributed by atoms with Crippen LogP contribution in [0.1, 0.15) is 17.7 Å². The van der Waals surface area contributed by atoms with Crippen molar-refractivity contribution in [1.29, 1.82) is 0 Å². The van der Waals surface area contributed by atoms with Crippen molar-refractivity contribution >= 4 is 5.69 Å². The molecule has 0 radical (unpaired) electrons. The quantitative estimate of drug-likeness (QED) is 0.874. The fourth-order valence-electron chi connectivity index (χ4n) is 2.18. The van der Waals surface area contributed by atoms with Crippen LogP contribution in [0, 0.1) is 6.92 Å². The molecule has 0 fully saturated rings. The molecule has 0 aliphatic carbocycles. The monoisotopic (exact) mass is 275 g/mol. The summed E-state index contributed by atoms with van der Waals surface area (Å²) in [7, 11) is 2.06. The fourth-order valence-corrected chi connectivity index (χ4v) is 2.18. The maximum absolute atomic E-state index is 11.6. The predicted molar refractivity (Wildman–Crippen MR) is 79.5 cm³/mol. The van der Waals surface area contributed by atoms with Crippen LogP contribution in [0.15, 0.2) is 39.9 Å². The Morgan fingerprint density at radius 1 is 1.35 bits per heavy atom. The van der Waals surface area contributed by atoms with Crippen LogP contribution in [0.25, 0.3) is 0 Å². The highest BCUT2D eigenvalue weighted by Crippen LogP contribution is 2.11. The molecule has 5 heteroatoms. The van der Waals surface area contributed by atoms with Crippen LogP contribution in [0.2, 0.25) is 0 Å². The van der Waals surface area contributed by atoms with E-state index in [1.54, 1.807) is 23.1 Å². The summed E-state index contributed by atoms with van der Waals surface area (Å²) >= 11 is 0. The molecule has 20 heavy (non-hydrogen) atoms. The second-order valence-electron chi connectivity index (χ2n) is 5.09. The lowest BCUT2D eigenvalue weighted by molar-refractivity contribution is 0.311. The molecule has 0 unspecified atom stereocenters. The van der Waals surface area contributed by atoms with E-state index < -0.39 is 0 Å². The van der Waals surface area contributed by atoms with Gasteiger partial charge in [0.1, 0.15) is 5.76 Å². The van der Waals surface area contributed by atoms with E-state index in [0.29, 0.717) is 12.2 Å². The number of anilines is 1. The first-order valence-corrected chi connectivity index (χ1v) is 6.74. The van der Waals surface area contributed by atoms with Gasteiger partial charge in [-0.25, -0.2) is 0 Å². The van der Waals surface area contributed by atoms with Gasteiger partial charge in [0.05, 0.1) is 6.26 Å². The summed E-state index contributed by atoms with van der Waals surface area (Å²) in [6, 6.07) is 5.13. The van der Waals surface area contributed by atoms with E-state index in [-0.39, 0.29) is 5.56 Å². The zero-order valence-electron chi connectivity index (χ0n) is 12.0. The summed E-state index contributed by atoms with van der Waals surface area (Å²) in [6.07, 6.45) is 4.31. The second kappa shape index (κ2) is 6.43. The second-order valence-corrected chi connectivity index (χ2v) is 5.09. The Bertz CT molecular complexity index is 616. The van der Waals surface area contributed by atoms with Gasteiger partial charge in [0, 0.05) is 36.6 Å². The van der Waals surface area contributed by atoms with Crippen molar-refractivity contribution in [3.8, 4) is 0 Å². The number of pyridine rings is 1. The van der Waals surface area contributed by atoms with E-state index in [4.69, 9.17) is 10.2 Å². The number of hydrogen-bond donors (Lipinski definition) is 1. The first-order chi connectivity index (χ1) is 9.56. The number of aromatic nitrogens is 1. The van der Waals surface area contributed by atoms with Crippen molar-refractivity contribution in [1.82, 2.24) is 9.47 Å². The zero-order chi connectivity index (χ0) is 14.5. The molecular weight excluding hydrogens is 254 g/mol. The molecule has 2 N–H and O–H groups in total. The molecule has 0 saturated carbocycles. The Labute approximate surface area is 118 Å². The largest absolute Gasteiger partial charge is 0.469 e. The third kappa shape index (κ3) is 3.74. The number of furan rings is 1. The average Bonchev–Trinajstić information content (AvgIpc) is 2.79. The van der Waals surface area contributed by atoms with E-state index in [1.807, 2.05) is 13.0 Å². The molecule has 0 saturated heterocycles. The molecule has 0 bridgehead atoms. The first-order valence-electron chi connectivity index (χ1n) is 6.74. The summed E-state index contributed by atoms with van der Waals surface area (Å²) in [6.45, 7) is 4.41. The molecule has 2 heterocycles. The zero-order valence-corrected chi connectivity index (χ0v) is 12.0. The maximum Gasteiger partial charge on any atom is 0.250 e. The molecule has 2 rings (SSSR count). The summed E-state index contributed by atoms with van der Waals surface area (Å²) in [5, 5.41) is 0. The highest BCUT2D eigenvalue weighted by Gasteiger charge is 2.05. The van der Waals surface area contributed by atoms with Crippen LogP contribution in [-0.2, 0) is 13.1 Å². The van der Waals surface area contributed by atoms with Crippen molar-refractivity contribution in [3.05, 3.63) is 52.3 Å². The SMILES string of the molecule is Cc1occc1CN(C)CCCn1cc(N)ccc1=O. The third-order valence-corrected chi connectivity index (χ3v) is 3.35. The van der Waals surface area contributed by atoms with Crippen LogP contribution >= 0.6 is 0 Å². The summed E-state index contributed by atoms with van der Waals surface area (Å²) in [5.74, 6) is 0.962. The van der Waals surface area contributed by atoms with E-state index in [9.17, 15) is 4.79 Å². The van der Waals surface area contributed by atoms with E-state index >= 15 is 0 Å². The van der Waals surface area contributed by atoms with Crippen LogP contribution < -0.4 is 11.3 Å². The Kier molecular flexibility index (Phi) is 4.63. The van der Waals surface area contributed by atoms with Crippen molar-refractivity contribution < 1.29 is 4.42 Å². The summed E-state index contributed by atoms with van der Waals surface area (Å²) in [4.78, 5) is 13.8. The molecule has 108 valence electrons. The lowest BCUT2D eigenvalue weighted by Crippen LogP contribution is -2.24. The molecule has 0 amide bonds. The van der Waals surface area contributed by atoms with Crippen molar-refractivity contribution in [2.75, 3.05) is 19.3 Å².